The minimum atomic E-state index is -4.48. The van der Waals surface area contributed by atoms with Gasteiger partial charge in [0.25, 0.3) is 5.69 Å². The number of nitro groups is 1. The van der Waals surface area contributed by atoms with Gasteiger partial charge in [-0.3, -0.25) is 10.1 Å². The first-order valence-electron chi connectivity index (χ1n) is 9.63. The molecule has 0 amide bonds. The zero-order valence-electron chi connectivity index (χ0n) is 16.7. The second-order valence-electron chi connectivity index (χ2n) is 7.15. The van der Waals surface area contributed by atoms with Crippen molar-refractivity contribution < 1.29 is 22.5 Å². The van der Waals surface area contributed by atoms with Gasteiger partial charge in [-0.05, 0) is 42.5 Å². The van der Waals surface area contributed by atoms with Crippen molar-refractivity contribution in [3.8, 4) is 0 Å². The van der Waals surface area contributed by atoms with Gasteiger partial charge in [0.1, 0.15) is 5.76 Å². The van der Waals surface area contributed by atoms with E-state index in [4.69, 9.17) is 4.42 Å². The van der Waals surface area contributed by atoms with Crippen LogP contribution in [0.2, 0.25) is 0 Å². The van der Waals surface area contributed by atoms with Crippen LogP contribution >= 0.6 is 11.8 Å². The Labute approximate surface area is 188 Å². The van der Waals surface area contributed by atoms with Crippen LogP contribution in [0.15, 0.2) is 70.3 Å². The number of nitrogens with zero attached hydrogens (tertiary/aromatic N) is 5. The summed E-state index contributed by atoms with van der Waals surface area (Å²) in [6.07, 6.45) is -2.97. The highest BCUT2D eigenvalue weighted by Crippen LogP contribution is 2.36. The Kier molecular flexibility index (Phi) is 5.08. The summed E-state index contributed by atoms with van der Waals surface area (Å²) in [6, 6.07) is 12.9. The second-order valence-corrected chi connectivity index (χ2v) is 8.06. The molecule has 0 spiro atoms. The summed E-state index contributed by atoms with van der Waals surface area (Å²) in [6.45, 7) is 0.239. The molecule has 0 radical (unpaired) electrons. The van der Waals surface area contributed by atoms with E-state index in [2.05, 4.69) is 9.98 Å². The van der Waals surface area contributed by atoms with Crippen molar-refractivity contribution in [2.24, 2.45) is 4.99 Å². The number of anilines is 1. The van der Waals surface area contributed by atoms with Gasteiger partial charge in [-0.1, -0.05) is 11.8 Å². The summed E-state index contributed by atoms with van der Waals surface area (Å²) in [5, 5.41) is 11.5. The van der Waals surface area contributed by atoms with Gasteiger partial charge in [-0.15, -0.1) is 0 Å². The summed E-state index contributed by atoms with van der Waals surface area (Å²) < 4.78 is 46.7. The third kappa shape index (κ3) is 4.04. The van der Waals surface area contributed by atoms with E-state index in [0.29, 0.717) is 28.0 Å². The van der Waals surface area contributed by atoms with Crippen LogP contribution < -0.4 is 4.90 Å². The maximum absolute atomic E-state index is 13.2. The lowest BCUT2D eigenvalue weighted by atomic mass is 10.2. The third-order valence-electron chi connectivity index (χ3n) is 5.07. The van der Waals surface area contributed by atoms with E-state index in [1.54, 1.807) is 28.8 Å². The van der Waals surface area contributed by atoms with Gasteiger partial charge >= 0.3 is 6.18 Å². The molecule has 0 aliphatic carbocycles. The van der Waals surface area contributed by atoms with Crippen molar-refractivity contribution in [2.75, 3.05) is 10.8 Å². The number of halogens is 3. The summed E-state index contributed by atoms with van der Waals surface area (Å²) in [5.41, 5.74) is 0.562. The van der Waals surface area contributed by atoms with Crippen molar-refractivity contribution >= 4 is 45.3 Å². The summed E-state index contributed by atoms with van der Waals surface area (Å²) in [4.78, 5) is 21.2. The fraction of sp³-hybridized carbons (Fsp3) is 0.143. The number of benzene rings is 2. The molecule has 8 nitrogen and oxygen atoms in total. The Morgan fingerprint density at radius 2 is 1.97 bits per heavy atom. The second kappa shape index (κ2) is 7.96. The number of thioether (sulfide) groups is 1. The van der Waals surface area contributed by atoms with Crippen molar-refractivity contribution in [2.45, 2.75) is 12.7 Å². The van der Waals surface area contributed by atoms with E-state index in [1.165, 1.54) is 36.2 Å². The molecule has 3 heterocycles. The van der Waals surface area contributed by atoms with Gasteiger partial charge in [0.05, 0.1) is 40.2 Å². The van der Waals surface area contributed by atoms with Crippen molar-refractivity contribution in [3.05, 3.63) is 82.3 Å². The number of furan rings is 1. The molecule has 4 aromatic rings. The number of fused-ring (bicyclic) bond motifs is 1. The van der Waals surface area contributed by atoms with E-state index in [-0.39, 0.29) is 23.7 Å². The zero-order chi connectivity index (χ0) is 23.2. The molecule has 1 saturated heterocycles. The van der Waals surface area contributed by atoms with Crippen molar-refractivity contribution in [3.63, 3.8) is 0 Å². The number of aliphatic imine (C=N–C) groups is 1. The van der Waals surface area contributed by atoms with Crippen LogP contribution in [0.3, 0.4) is 0 Å². The standard InChI is InChI=1S/C21H14F3N5O3S/c22-21(23,24)13-3-8-18-17(10-13)25-19(27(18)11-16-2-1-9-32-16)26-20-28(12-33-20)14-4-6-15(7-5-14)29(30)31/h1-10H,11-12H2/b26-20-. The molecule has 0 N–H and O–H groups in total. The van der Waals surface area contributed by atoms with Crippen LogP contribution in [0.5, 0.6) is 0 Å². The topological polar surface area (TPSA) is 89.7 Å². The number of rotatable bonds is 5. The van der Waals surface area contributed by atoms with Crippen LogP contribution in [0.1, 0.15) is 11.3 Å². The Bertz CT molecular complexity index is 1360. The zero-order valence-corrected chi connectivity index (χ0v) is 17.5. The van der Waals surface area contributed by atoms with E-state index in [1.807, 2.05) is 4.90 Å². The minimum Gasteiger partial charge on any atom is -0.467 e. The van der Waals surface area contributed by atoms with Crippen LogP contribution in [-0.4, -0.2) is 25.5 Å². The molecule has 1 aliphatic heterocycles. The molecule has 33 heavy (non-hydrogen) atoms. The van der Waals surface area contributed by atoms with Gasteiger partial charge in [-0.25, -0.2) is 4.98 Å². The van der Waals surface area contributed by atoms with E-state index < -0.39 is 16.7 Å². The fourth-order valence-electron chi connectivity index (χ4n) is 3.40. The number of hydrogen-bond donors (Lipinski definition) is 0. The van der Waals surface area contributed by atoms with Gasteiger partial charge in [0, 0.05) is 17.8 Å². The molecule has 168 valence electrons. The molecule has 0 bridgehead atoms. The number of non-ortho nitro benzene ring substituents is 1. The summed E-state index contributed by atoms with van der Waals surface area (Å²) in [7, 11) is 0. The van der Waals surface area contributed by atoms with Gasteiger partial charge in [0.15, 0.2) is 5.17 Å². The fourth-order valence-corrected chi connectivity index (χ4v) is 4.17. The summed E-state index contributed by atoms with van der Waals surface area (Å²) in [5.74, 6) is 1.41. The molecular weight excluding hydrogens is 459 g/mol. The van der Waals surface area contributed by atoms with E-state index in [9.17, 15) is 23.3 Å². The largest absolute Gasteiger partial charge is 0.467 e. The maximum atomic E-state index is 13.2. The highest BCUT2D eigenvalue weighted by molar-refractivity contribution is 8.16. The predicted octanol–water partition coefficient (Wildman–Crippen LogP) is 5.80. The molecule has 2 aromatic heterocycles. The third-order valence-corrected chi connectivity index (χ3v) is 6.03. The van der Waals surface area contributed by atoms with Gasteiger partial charge < -0.3 is 13.9 Å². The molecule has 1 aliphatic rings. The maximum Gasteiger partial charge on any atom is 0.416 e. The normalized spacial score (nSPS) is 15.2. The lowest BCUT2D eigenvalue weighted by molar-refractivity contribution is -0.384. The number of aromatic nitrogens is 2. The van der Waals surface area contributed by atoms with Crippen molar-refractivity contribution in [1.82, 2.24) is 9.55 Å². The molecule has 0 saturated carbocycles. The molecule has 5 rings (SSSR count). The lowest BCUT2D eigenvalue weighted by Gasteiger charge is -2.33. The number of imidazole rings is 1. The Morgan fingerprint density at radius 1 is 1.18 bits per heavy atom. The van der Waals surface area contributed by atoms with Crippen LogP contribution in [-0.2, 0) is 12.7 Å². The molecule has 2 aromatic carbocycles. The number of nitro benzene ring substituents is 1. The molecule has 0 unspecified atom stereocenters. The smallest absolute Gasteiger partial charge is 0.416 e. The number of amidine groups is 1. The van der Waals surface area contributed by atoms with E-state index in [0.717, 1.165) is 12.1 Å². The molecule has 1 fully saturated rings. The van der Waals surface area contributed by atoms with Gasteiger partial charge in [-0.2, -0.15) is 18.2 Å². The molecular formula is C21H14F3N5O3S. The Balaban J connectivity index is 1.54. The first-order valence-corrected chi connectivity index (χ1v) is 10.6. The van der Waals surface area contributed by atoms with Crippen molar-refractivity contribution in [1.29, 1.82) is 0 Å². The average molecular weight is 473 g/mol. The molecule has 12 heteroatoms. The monoisotopic (exact) mass is 473 g/mol. The SMILES string of the molecule is O=[N+]([O-])c1ccc(N2CS/C2=N\c2nc3cc(C(F)(F)F)ccc3n2Cc2ccco2)cc1. The first-order chi connectivity index (χ1) is 15.8. The Morgan fingerprint density at radius 3 is 2.58 bits per heavy atom. The summed E-state index contributed by atoms with van der Waals surface area (Å²) >= 11 is 1.43. The van der Waals surface area contributed by atoms with E-state index >= 15 is 0 Å². The molecule has 0 atom stereocenters. The van der Waals surface area contributed by atoms with Crippen LogP contribution in [0, 0.1) is 10.1 Å². The van der Waals surface area contributed by atoms with Crippen LogP contribution in [0.25, 0.3) is 11.0 Å². The Hall–Kier alpha value is -3.80. The number of hydrogen-bond acceptors (Lipinski definition) is 6. The highest BCUT2D eigenvalue weighted by Gasteiger charge is 2.31. The quantitative estimate of drug-likeness (QED) is 0.269. The average Bonchev–Trinajstić information content (AvgIpc) is 3.39. The lowest BCUT2D eigenvalue weighted by Crippen LogP contribution is -2.38. The minimum absolute atomic E-state index is 0.0221. The predicted molar refractivity (Wildman–Crippen MR) is 118 cm³/mol. The highest BCUT2D eigenvalue weighted by atomic mass is 32.2. The number of alkyl halides is 3. The van der Waals surface area contributed by atoms with Crippen LogP contribution in [0.4, 0.5) is 30.5 Å². The first kappa shape index (κ1) is 21.1. The van der Waals surface area contributed by atoms with Gasteiger partial charge in [0.2, 0.25) is 5.95 Å².